The van der Waals surface area contributed by atoms with E-state index in [4.69, 9.17) is 9.47 Å². The van der Waals surface area contributed by atoms with E-state index < -0.39 is 29.8 Å². The number of halogens is 1. The Morgan fingerprint density at radius 2 is 1.80 bits per heavy atom. The molecule has 1 aromatic heterocycles. The van der Waals surface area contributed by atoms with E-state index in [1.807, 2.05) is 6.92 Å². The van der Waals surface area contributed by atoms with Crippen molar-refractivity contribution >= 4 is 17.7 Å². The van der Waals surface area contributed by atoms with E-state index in [1.54, 1.807) is 61.7 Å². The predicted octanol–water partition coefficient (Wildman–Crippen LogP) is 3.92. The van der Waals surface area contributed by atoms with Gasteiger partial charge in [-0.2, -0.15) is 0 Å². The number of hydrogen-bond acceptors (Lipinski definition) is 5. The van der Waals surface area contributed by atoms with Crippen LogP contribution in [0, 0.1) is 26.6 Å². The normalized spacial score (nSPS) is 18.8. The SMILES string of the molecule is Cc1ccc(-n2c(C)cc(C(=O)CN3C(=O)N[C@@](C)(c4ccc5c(c4)OCO5)C3=O)c2C)cc1F. The molecule has 2 aromatic carbocycles. The number of Topliss-reactive ketones (excluding diaryl/α,β-unsaturated/α-hetero) is 1. The lowest BCUT2D eigenvalue weighted by atomic mass is 9.91. The molecule has 2 aliphatic rings. The zero-order chi connectivity index (χ0) is 25.1. The fourth-order valence-corrected chi connectivity index (χ4v) is 4.64. The molecule has 0 radical (unpaired) electrons. The van der Waals surface area contributed by atoms with Gasteiger partial charge in [0.05, 0.1) is 6.54 Å². The van der Waals surface area contributed by atoms with Crippen molar-refractivity contribution in [2.24, 2.45) is 0 Å². The summed E-state index contributed by atoms with van der Waals surface area (Å²) < 4.78 is 26.6. The number of benzene rings is 2. The maximum Gasteiger partial charge on any atom is 0.325 e. The number of nitrogens with one attached hydrogen (secondary N) is 1. The summed E-state index contributed by atoms with van der Waals surface area (Å²) in [6.45, 7) is 6.50. The molecule has 8 nitrogen and oxygen atoms in total. The molecule has 3 aromatic rings. The van der Waals surface area contributed by atoms with E-state index in [9.17, 15) is 18.8 Å². The van der Waals surface area contributed by atoms with Crippen molar-refractivity contribution in [3.05, 3.63) is 76.4 Å². The lowest BCUT2D eigenvalue weighted by Crippen LogP contribution is -2.41. The van der Waals surface area contributed by atoms with Crippen molar-refractivity contribution in [2.45, 2.75) is 33.2 Å². The summed E-state index contributed by atoms with van der Waals surface area (Å²) >= 11 is 0. The molecule has 0 unspecified atom stereocenters. The minimum absolute atomic E-state index is 0.0874. The van der Waals surface area contributed by atoms with Crippen molar-refractivity contribution < 1.29 is 28.2 Å². The summed E-state index contributed by atoms with van der Waals surface area (Å²) in [7, 11) is 0. The second kappa shape index (κ2) is 7.97. The van der Waals surface area contributed by atoms with Gasteiger partial charge in [-0.1, -0.05) is 12.1 Å². The van der Waals surface area contributed by atoms with Gasteiger partial charge in [-0.05, 0) is 69.2 Å². The van der Waals surface area contributed by atoms with Gasteiger partial charge in [-0.15, -0.1) is 0 Å². The maximum absolute atomic E-state index is 14.2. The molecule has 0 bridgehead atoms. The van der Waals surface area contributed by atoms with Crippen molar-refractivity contribution in [1.29, 1.82) is 0 Å². The van der Waals surface area contributed by atoms with Gasteiger partial charge in [0.2, 0.25) is 6.79 Å². The number of urea groups is 1. The first-order valence-electron chi connectivity index (χ1n) is 11.1. The van der Waals surface area contributed by atoms with Crippen LogP contribution in [0.2, 0.25) is 0 Å². The van der Waals surface area contributed by atoms with Gasteiger partial charge < -0.3 is 19.4 Å². The molecule has 180 valence electrons. The van der Waals surface area contributed by atoms with Gasteiger partial charge in [0.25, 0.3) is 5.91 Å². The number of aromatic nitrogens is 1. The van der Waals surface area contributed by atoms with Crippen LogP contribution in [0.3, 0.4) is 0 Å². The number of nitrogens with zero attached hydrogens (tertiary/aromatic N) is 2. The molecule has 0 aliphatic carbocycles. The number of carbonyl (C=O) groups excluding carboxylic acids is 3. The van der Waals surface area contributed by atoms with E-state index in [1.165, 1.54) is 6.07 Å². The largest absolute Gasteiger partial charge is 0.454 e. The van der Waals surface area contributed by atoms with Crippen LogP contribution >= 0.6 is 0 Å². The number of imide groups is 1. The van der Waals surface area contributed by atoms with Crippen LogP contribution < -0.4 is 14.8 Å². The molecule has 1 fully saturated rings. The van der Waals surface area contributed by atoms with Crippen LogP contribution in [-0.2, 0) is 10.3 Å². The zero-order valence-electron chi connectivity index (χ0n) is 19.8. The summed E-state index contributed by atoms with van der Waals surface area (Å²) in [5.74, 6) is -0.227. The number of aryl methyl sites for hydroxylation is 2. The minimum Gasteiger partial charge on any atom is -0.454 e. The highest BCUT2D eigenvalue weighted by Crippen LogP contribution is 2.38. The molecule has 1 atom stereocenters. The van der Waals surface area contributed by atoms with E-state index in [-0.39, 0.29) is 12.6 Å². The van der Waals surface area contributed by atoms with E-state index in [0.29, 0.717) is 39.6 Å². The number of ether oxygens (including phenoxy) is 2. The van der Waals surface area contributed by atoms with Crippen LogP contribution in [0.15, 0.2) is 42.5 Å². The molecule has 5 rings (SSSR count). The molecule has 0 saturated carbocycles. The molecule has 3 heterocycles. The molecule has 9 heteroatoms. The topological polar surface area (TPSA) is 89.9 Å². The highest BCUT2D eigenvalue weighted by Gasteiger charge is 2.50. The molecule has 1 N–H and O–H groups in total. The number of rotatable bonds is 5. The van der Waals surface area contributed by atoms with Crippen LogP contribution in [0.4, 0.5) is 9.18 Å². The van der Waals surface area contributed by atoms with Crippen molar-refractivity contribution in [3.8, 4) is 17.2 Å². The predicted molar refractivity (Wildman–Crippen MR) is 124 cm³/mol. The Hall–Kier alpha value is -4.14. The lowest BCUT2D eigenvalue weighted by Gasteiger charge is -2.22. The van der Waals surface area contributed by atoms with Gasteiger partial charge >= 0.3 is 6.03 Å². The monoisotopic (exact) mass is 477 g/mol. The van der Waals surface area contributed by atoms with Crippen LogP contribution in [0.25, 0.3) is 5.69 Å². The Morgan fingerprint density at radius 1 is 1.06 bits per heavy atom. The zero-order valence-corrected chi connectivity index (χ0v) is 19.8. The Morgan fingerprint density at radius 3 is 2.54 bits per heavy atom. The van der Waals surface area contributed by atoms with Crippen LogP contribution in [-0.4, -0.2) is 40.5 Å². The van der Waals surface area contributed by atoms with E-state index in [2.05, 4.69) is 5.32 Å². The Bertz CT molecular complexity index is 1410. The highest BCUT2D eigenvalue weighted by atomic mass is 19.1. The molecule has 0 spiro atoms. The second-order valence-electron chi connectivity index (χ2n) is 8.99. The Balaban J connectivity index is 1.41. The Kier molecular flexibility index (Phi) is 5.16. The molecule has 1 saturated heterocycles. The molecule has 35 heavy (non-hydrogen) atoms. The molecular formula is C26H24FN3O5. The second-order valence-corrected chi connectivity index (χ2v) is 8.99. The van der Waals surface area contributed by atoms with Crippen LogP contribution in [0.1, 0.15) is 39.8 Å². The third-order valence-electron chi connectivity index (χ3n) is 6.67. The Labute approximate surface area is 201 Å². The van der Waals surface area contributed by atoms with Crippen molar-refractivity contribution in [1.82, 2.24) is 14.8 Å². The van der Waals surface area contributed by atoms with Crippen molar-refractivity contribution in [2.75, 3.05) is 13.3 Å². The van der Waals surface area contributed by atoms with Crippen molar-refractivity contribution in [3.63, 3.8) is 0 Å². The summed E-state index contributed by atoms with van der Waals surface area (Å²) in [6, 6.07) is 10.9. The van der Waals surface area contributed by atoms with Gasteiger partial charge in [-0.3, -0.25) is 14.5 Å². The fraction of sp³-hybridized carbons (Fsp3) is 0.269. The average Bonchev–Trinajstić information content (AvgIpc) is 3.47. The fourth-order valence-electron chi connectivity index (χ4n) is 4.64. The van der Waals surface area contributed by atoms with Gasteiger partial charge in [0.1, 0.15) is 11.4 Å². The number of carbonyl (C=O) groups is 3. The van der Waals surface area contributed by atoms with Gasteiger partial charge in [0, 0.05) is 22.6 Å². The number of hydrogen-bond donors (Lipinski definition) is 1. The third-order valence-corrected chi connectivity index (χ3v) is 6.67. The molecular weight excluding hydrogens is 453 g/mol. The number of ketones is 1. The average molecular weight is 477 g/mol. The lowest BCUT2D eigenvalue weighted by molar-refractivity contribution is -0.130. The smallest absolute Gasteiger partial charge is 0.325 e. The first-order valence-corrected chi connectivity index (χ1v) is 11.1. The first-order chi connectivity index (χ1) is 16.6. The van der Waals surface area contributed by atoms with Gasteiger partial charge in [-0.25, -0.2) is 9.18 Å². The molecule has 2 aliphatic heterocycles. The maximum atomic E-state index is 14.2. The first kappa shape index (κ1) is 22.6. The number of fused-ring (bicyclic) bond motifs is 1. The summed E-state index contributed by atoms with van der Waals surface area (Å²) in [5, 5.41) is 2.70. The number of amides is 3. The summed E-state index contributed by atoms with van der Waals surface area (Å²) in [5.41, 5.74) is 1.98. The van der Waals surface area contributed by atoms with Crippen LogP contribution in [0.5, 0.6) is 11.5 Å². The minimum atomic E-state index is -1.35. The van der Waals surface area contributed by atoms with E-state index in [0.717, 1.165) is 10.6 Å². The third kappa shape index (κ3) is 3.54. The molecule has 3 amide bonds. The highest BCUT2D eigenvalue weighted by molar-refractivity contribution is 6.11. The van der Waals surface area contributed by atoms with Gasteiger partial charge in [0.15, 0.2) is 17.3 Å². The standard InChI is InChI=1S/C26H24FN3O5/c1-14-5-7-18(11-20(14)27)30-15(2)9-19(16(30)3)21(31)12-29-24(32)26(4,28-25(29)33)17-6-8-22-23(10-17)35-13-34-22/h5-11H,12-13H2,1-4H3,(H,28,33)/t26-/m0/s1. The summed E-state index contributed by atoms with van der Waals surface area (Å²) in [6.07, 6.45) is 0. The quantitative estimate of drug-likeness (QED) is 0.445. The van der Waals surface area contributed by atoms with E-state index >= 15 is 0 Å². The summed E-state index contributed by atoms with van der Waals surface area (Å²) in [4.78, 5) is 40.2.